The van der Waals surface area contributed by atoms with E-state index in [1.165, 1.54) is 11.8 Å². The number of carboxylic acids is 6. The molecule has 0 amide bonds. The fourth-order valence-electron chi connectivity index (χ4n) is 4.10. The van der Waals surface area contributed by atoms with Gasteiger partial charge in [0.15, 0.2) is 39.8 Å². The number of nitrogens with one attached hydrogen (secondary N) is 7. The van der Waals surface area contributed by atoms with Crippen LogP contribution in [0.3, 0.4) is 0 Å². The maximum absolute atomic E-state index is 11.1. The lowest BCUT2D eigenvalue weighted by molar-refractivity contribution is -0.142. The summed E-state index contributed by atoms with van der Waals surface area (Å²) in [6.45, 7) is 6.70. The molecule has 0 spiro atoms. The van der Waals surface area contributed by atoms with Gasteiger partial charge < -0.3 is 76.8 Å². The number of tetrazole rings is 1. The lowest BCUT2D eigenvalue weighted by Crippen LogP contribution is -2.50. The predicted octanol–water partition coefficient (Wildman–Crippen LogP) is -1.59. The lowest BCUT2D eigenvalue weighted by Gasteiger charge is -2.24. The Morgan fingerprint density at radius 2 is 1.00 bits per heavy atom. The Kier molecular flexibility index (Phi) is 33.3. The number of hydrogen-bond acceptors (Lipinski definition) is 20. The number of aliphatic carboxylic acids is 6. The number of rotatable bonds is 30. The van der Waals surface area contributed by atoms with Crippen molar-refractivity contribution < 1.29 is 88.0 Å². The molecule has 1 aromatic rings. The maximum atomic E-state index is 11.1. The van der Waals surface area contributed by atoms with Gasteiger partial charge in [-0.3, -0.25) is 28.8 Å². The van der Waals surface area contributed by atoms with E-state index in [1.54, 1.807) is 0 Å². The highest BCUT2D eigenvalue weighted by Gasteiger charge is 2.24. The highest BCUT2D eigenvalue weighted by atomic mass is 32.2. The third-order valence-electron chi connectivity index (χ3n) is 7.14. The minimum Gasteiger partial charge on any atom is -0.481 e. The molecule has 0 fully saturated rings. The fraction of sp³-hybridized carbons (Fsp3) is 0.606. The quantitative estimate of drug-likeness (QED) is 0.0136. The molecule has 1 heterocycles. The first-order chi connectivity index (χ1) is 30.9. The Morgan fingerprint density at radius 3 is 1.32 bits per heavy atom. The molecule has 0 aliphatic carbocycles. The van der Waals surface area contributed by atoms with E-state index in [4.69, 9.17) is 76.8 Å². The summed E-state index contributed by atoms with van der Waals surface area (Å²) < 4.78 is 14.2. The first-order valence-electron chi connectivity index (χ1n) is 18.7. The van der Waals surface area contributed by atoms with Crippen LogP contribution in [0.5, 0.6) is 0 Å². The van der Waals surface area contributed by atoms with Gasteiger partial charge in [0.1, 0.15) is 18.1 Å². The molecule has 372 valence electrons. The number of thioether (sulfide) groups is 1. The monoisotopic (exact) mass is 1040 g/mol. The summed E-state index contributed by atoms with van der Waals surface area (Å²) >= 11 is 20.2. The van der Waals surface area contributed by atoms with Crippen LogP contribution in [0.25, 0.3) is 0 Å². The fourth-order valence-corrected chi connectivity index (χ4v) is 5.91. The third-order valence-corrected chi connectivity index (χ3v) is 9.51. The van der Waals surface area contributed by atoms with E-state index in [0.717, 1.165) is 0 Å². The molecule has 0 radical (unpaired) electrons. The summed E-state index contributed by atoms with van der Waals surface area (Å²) in [4.78, 5) is 95.7. The topological polar surface area (TPSA) is 429 Å². The first-order valence-corrected chi connectivity index (χ1v) is 21.5. The number of thiocarbonyl (C=S) groups is 3. The molecule has 13 N–H and O–H groups in total. The standard InChI is InChI=1S/C13H22N2O6S2.C11H16N6O6S.C9H14N2O6S2/c1-13(2,3)23-6-9(21-7-16)15-12(22)14-8(11(19)20)4-5-10(17)18;18-5-23-8(3-2-7-14-16-17-15-7)13-11(24)12-6(10(21)22)1-4-9(19)20;12-4-17-6(3-18)11-9(19)10-5(8(15)16)1-2-7(13)14/h7-9H,4-6H2,1-3H3,(H,17,18)(H,19,20)(H2,14,15,22);5-6,8H,1-4H2,(H,19,20)(H,21,22)(H2,12,13,24)(H,14,15,16,17);4-6,18H,1-3H2,(H,13,14)(H,15,16)(H2,10,11,19)/t8-,9+;6-,8+;5-,6+/m000/s1. The number of aryl methyl sites for hydroxylation is 1. The molecule has 0 bridgehead atoms. The van der Waals surface area contributed by atoms with Gasteiger partial charge in [0, 0.05) is 42.6 Å². The van der Waals surface area contributed by atoms with E-state index in [-0.39, 0.29) is 90.2 Å². The molecule has 6 atom stereocenters. The van der Waals surface area contributed by atoms with Crippen LogP contribution < -0.4 is 31.9 Å². The second-order valence-corrected chi connectivity index (χ2v) is 16.9. The van der Waals surface area contributed by atoms with Crippen LogP contribution in [0.4, 0.5) is 0 Å². The molecule has 0 saturated heterocycles. The number of hydrogen-bond donors (Lipinski definition) is 14. The molecule has 28 nitrogen and oxygen atoms in total. The number of carbonyl (C=O) groups excluding carboxylic acids is 3. The number of aromatic nitrogens is 4. The molecule has 0 saturated carbocycles. The normalized spacial score (nSPS) is 13.0. The highest BCUT2D eigenvalue weighted by molar-refractivity contribution is 8.00. The van der Waals surface area contributed by atoms with Crippen LogP contribution in [0.2, 0.25) is 0 Å². The minimum absolute atomic E-state index is 0.0239. The lowest BCUT2D eigenvalue weighted by atomic mass is 10.1. The number of carbonyl (C=O) groups is 9. The number of thiol groups is 1. The minimum atomic E-state index is -1.25. The van der Waals surface area contributed by atoms with E-state index < -0.39 is 72.6 Å². The van der Waals surface area contributed by atoms with Crippen LogP contribution in [-0.2, 0) is 63.8 Å². The molecule has 0 aliphatic rings. The van der Waals surface area contributed by atoms with Gasteiger partial charge in [-0.25, -0.2) is 14.4 Å². The Labute approximate surface area is 401 Å². The molecule has 0 unspecified atom stereocenters. The second-order valence-electron chi connectivity index (χ2n) is 13.5. The smallest absolute Gasteiger partial charge is 0.326 e. The molecule has 1 rings (SSSR count). The van der Waals surface area contributed by atoms with Gasteiger partial charge in [0.2, 0.25) is 0 Å². The van der Waals surface area contributed by atoms with Gasteiger partial charge in [-0.1, -0.05) is 26.0 Å². The third kappa shape index (κ3) is 34.5. The van der Waals surface area contributed by atoms with E-state index in [9.17, 15) is 43.2 Å². The van der Waals surface area contributed by atoms with Crippen LogP contribution in [-0.4, -0.2) is 175 Å². The van der Waals surface area contributed by atoms with Gasteiger partial charge in [-0.15, -0.1) is 10.2 Å². The van der Waals surface area contributed by atoms with Crippen molar-refractivity contribution in [3.05, 3.63) is 5.82 Å². The summed E-state index contributed by atoms with van der Waals surface area (Å²) in [5.74, 6) is -6.07. The Hall–Kier alpha value is -5.93. The number of aromatic amines is 1. The van der Waals surface area contributed by atoms with Crippen LogP contribution >= 0.6 is 61.0 Å². The van der Waals surface area contributed by atoms with Crippen molar-refractivity contribution in [3.8, 4) is 0 Å². The van der Waals surface area contributed by atoms with Gasteiger partial charge >= 0.3 is 35.8 Å². The molecular weight excluding hydrogens is 985 g/mol. The van der Waals surface area contributed by atoms with E-state index in [2.05, 4.69) is 69.9 Å². The molecule has 0 aliphatic heterocycles. The molecule has 66 heavy (non-hydrogen) atoms. The zero-order valence-electron chi connectivity index (χ0n) is 35.3. The van der Waals surface area contributed by atoms with Crippen molar-refractivity contribution in [2.75, 3.05) is 11.5 Å². The summed E-state index contributed by atoms with van der Waals surface area (Å²) in [7, 11) is 0. The molecule has 1 aromatic heterocycles. The Balaban J connectivity index is 0. The predicted molar refractivity (Wildman–Crippen MR) is 243 cm³/mol. The summed E-state index contributed by atoms with van der Waals surface area (Å²) in [6.07, 6.45) is -3.13. The van der Waals surface area contributed by atoms with E-state index in [0.29, 0.717) is 18.0 Å². The second kappa shape index (κ2) is 35.3. The van der Waals surface area contributed by atoms with E-state index in [1.807, 2.05) is 20.8 Å². The van der Waals surface area contributed by atoms with Crippen LogP contribution in [0.15, 0.2) is 0 Å². The largest absolute Gasteiger partial charge is 0.481 e. The summed E-state index contributed by atoms with van der Waals surface area (Å²) in [5, 5.41) is 80.9. The Morgan fingerprint density at radius 1 is 0.636 bits per heavy atom. The zero-order chi connectivity index (χ0) is 50.8. The van der Waals surface area contributed by atoms with Gasteiger partial charge in [0.25, 0.3) is 19.4 Å². The van der Waals surface area contributed by atoms with Crippen molar-refractivity contribution in [1.82, 2.24) is 52.5 Å². The van der Waals surface area contributed by atoms with Crippen LogP contribution in [0.1, 0.15) is 71.5 Å². The average molecular weight is 1040 g/mol. The van der Waals surface area contributed by atoms with Crippen molar-refractivity contribution in [1.29, 1.82) is 0 Å². The summed E-state index contributed by atoms with van der Waals surface area (Å²) in [5.41, 5.74) is 0. The molecule has 0 aromatic carbocycles. The van der Waals surface area contributed by atoms with Gasteiger partial charge in [-0.05, 0) is 55.9 Å². The summed E-state index contributed by atoms with van der Waals surface area (Å²) in [6, 6.07) is -3.47. The zero-order valence-corrected chi connectivity index (χ0v) is 39.4. The highest BCUT2D eigenvalue weighted by Crippen LogP contribution is 2.23. The van der Waals surface area contributed by atoms with Crippen molar-refractivity contribution in [2.45, 2.75) is 114 Å². The van der Waals surface area contributed by atoms with Crippen molar-refractivity contribution in [3.63, 3.8) is 0 Å². The van der Waals surface area contributed by atoms with E-state index >= 15 is 0 Å². The van der Waals surface area contributed by atoms with Crippen molar-refractivity contribution in [2.24, 2.45) is 0 Å². The van der Waals surface area contributed by atoms with Crippen molar-refractivity contribution >= 4 is 132 Å². The number of carboxylic acid groups (broad SMARTS) is 6. The maximum Gasteiger partial charge on any atom is 0.326 e. The molecular formula is C33H52N10O18S5. The molecule has 33 heteroatoms. The number of ether oxygens (including phenoxy) is 3. The SMILES string of the molecule is CC(C)(C)SC[C@H](NC(=S)N[C@@H](CCC(=O)O)C(=O)O)OC=O.O=CO[C@H](CCc1nn[nH]n1)NC(=S)N[C@@H](CCC(=O)O)C(=O)O.O=CO[C@H](CS)NC(=S)N[C@@H](CCC(=O)O)C(=O)O. The van der Waals surface area contributed by atoms with Gasteiger partial charge in [-0.2, -0.15) is 29.6 Å². The average Bonchev–Trinajstić information content (AvgIpc) is 3.74. The first kappa shape index (κ1) is 62.2. The Bertz CT molecular complexity index is 1750. The number of nitrogens with zero attached hydrogens (tertiary/aromatic N) is 3. The van der Waals surface area contributed by atoms with Gasteiger partial charge in [0.05, 0.1) is 5.75 Å². The number of H-pyrrole nitrogens is 1. The van der Waals surface area contributed by atoms with Crippen LogP contribution in [0, 0.1) is 0 Å².